The molecule has 16 heavy (non-hydrogen) atoms. The van der Waals surface area contributed by atoms with E-state index in [0.717, 1.165) is 5.56 Å². The minimum Gasteiger partial charge on any atom is -0.285 e. The minimum atomic E-state index is -0.126. The molecule has 0 saturated heterocycles. The number of benzene rings is 1. The lowest BCUT2D eigenvalue weighted by molar-refractivity contribution is 1.08. The largest absolute Gasteiger partial charge is 0.285 e. The van der Waals surface area contributed by atoms with Gasteiger partial charge in [0.2, 0.25) is 0 Å². The Labute approximate surface area is 101 Å². The lowest BCUT2D eigenvalue weighted by Crippen LogP contribution is -1.99. The molecule has 1 heterocycles. The van der Waals surface area contributed by atoms with Crippen LogP contribution < -0.4 is 0 Å². The number of aromatic nitrogens is 2. The molecule has 0 aliphatic heterocycles. The molecule has 0 bridgehead atoms. The van der Waals surface area contributed by atoms with E-state index in [0.29, 0.717) is 0 Å². The van der Waals surface area contributed by atoms with E-state index < -0.39 is 0 Å². The molecular formula is C13H15ClN2. The van der Waals surface area contributed by atoms with Crippen LogP contribution >= 0.6 is 11.6 Å². The van der Waals surface area contributed by atoms with Crippen molar-refractivity contribution in [3.05, 3.63) is 52.3 Å². The first-order valence-electron chi connectivity index (χ1n) is 5.30. The Morgan fingerprint density at radius 2 is 1.81 bits per heavy atom. The summed E-state index contributed by atoms with van der Waals surface area (Å²) < 4.78 is 0. The summed E-state index contributed by atoms with van der Waals surface area (Å²) >= 11 is 6.48. The maximum Gasteiger partial charge on any atom is 0.0870 e. The zero-order valence-electron chi connectivity index (χ0n) is 9.71. The first kappa shape index (κ1) is 11.2. The van der Waals surface area contributed by atoms with Gasteiger partial charge in [-0.1, -0.05) is 17.7 Å². The molecule has 1 aromatic carbocycles. The number of hydrogen-bond acceptors (Lipinski definition) is 1. The Balaban J connectivity index is 2.48. The highest BCUT2D eigenvalue weighted by Gasteiger charge is 2.16. The number of aryl methyl sites for hydroxylation is 3. The van der Waals surface area contributed by atoms with E-state index in [9.17, 15) is 0 Å². The molecule has 1 N–H and O–H groups in total. The van der Waals surface area contributed by atoms with Crippen molar-refractivity contribution >= 4 is 11.6 Å². The van der Waals surface area contributed by atoms with E-state index in [1.807, 2.05) is 6.20 Å². The SMILES string of the molecule is Cc1cc(C)c(C(Cl)c2cn[nH]c2)c(C)c1. The topological polar surface area (TPSA) is 28.7 Å². The van der Waals surface area contributed by atoms with Crippen LogP contribution in [0.5, 0.6) is 0 Å². The first-order chi connectivity index (χ1) is 7.59. The van der Waals surface area contributed by atoms with Gasteiger partial charge in [0.05, 0.1) is 11.6 Å². The summed E-state index contributed by atoms with van der Waals surface area (Å²) in [5.74, 6) is 0. The fourth-order valence-corrected chi connectivity index (χ4v) is 2.62. The number of halogens is 1. The van der Waals surface area contributed by atoms with Crippen molar-refractivity contribution in [1.82, 2.24) is 10.2 Å². The number of hydrogen-bond donors (Lipinski definition) is 1. The van der Waals surface area contributed by atoms with E-state index in [1.165, 1.54) is 22.3 Å². The van der Waals surface area contributed by atoms with Crippen molar-refractivity contribution in [2.24, 2.45) is 0 Å². The molecule has 1 aromatic heterocycles. The quantitative estimate of drug-likeness (QED) is 0.790. The maximum absolute atomic E-state index is 6.48. The number of H-pyrrole nitrogens is 1. The molecule has 0 fully saturated rings. The molecule has 0 spiro atoms. The number of alkyl halides is 1. The Morgan fingerprint density at radius 3 is 2.31 bits per heavy atom. The third kappa shape index (κ3) is 1.98. The smallest absolute Gasteiger partial charge is 0.0870 e. The van der Waals surface area contributed by atoms with Crippen molar-refractivity contribution in [3.63, 3.8) is 0 Å². The van der Waals surface area contributed by atoms with Gasteiger partial charge >= 0.3 is 0 Å². The summed E-state index contributed by atoms with van der Waals surface area (Å²) in [5, 5.41) is 6.61. The number of aromatic amines is 1. The second kappa shape index (κ2) is 4.30. The van der Waals surface area contributed by atoms with Crippen LogP contribution in [-0.2, 0) is 0 Å². The summed E-state index contributed by atoms with van der Waals surface area (Å²) in [4.78, 5) is 0. The Hall–Kier alpha value is -1.28. The van der Waals surface area contributed by atoms with Crippen molar-refractivity contribution in [1.29, 1.82) is 0 Å². The zero-order chi connectivity index (χ0) is 11.7. The normalized spacial score (nSPS) is 12.8. The van der Waals surface area contributed by atoms with E-state index in [1.54, 1.807) is 6.20 Å². The van der Waals surface area contributed by atoms with Crippen molar-refractivity contribution in [3.8, 4) is 0 Å². The van der Waals surface area contributed by atoms with Crippen LogP contribution in [0.15, 0.2) is 24.5 Å². The number of nitrogens with one attached hydrogen (secondary N) is 1. The highest BCUT2D eigenvalue weighted by atomic mass is 35.5. The molecule has 1 unspecified atom stereocenters. The molecule has 2 nitrogen and oxygen atoms in total. The summed E-state index contributed by atoms with van der Waals surface area (Å²) in [5.41, 5.74) is 5.94. The predicted molar refractivity (Wildman–Crippen MR) is 66.9 cm³/mol. The van der Waals surface area contributed by atoms with E-state index in [-0.39, 0.29) is 5.38 Å². The average Bonchev–Trinajstić information content (AvgIpc) is 2.67. The van der Waals surface area contributed by atoms with Gasteiger partial charge in [0.25, 0.3) is 0 Å². The van der Waals surface area contributed by atoms with Gasteiger partial charge in [0.15, 0.2) is 0 Å². The van der Waals surface area contributed by atoms with Crippen molar-refractivity contribution < 1.29 is 0 Å². The molecule has 3 heteroatoms. The molecule has 2 rings (SSSR count). The van der Waals surface area contributed by atoms with Gasteiger partial charge < -0.3 is 0 Å². The van der Waals surface area contributed by atoms with Crippen LogP contribution in [0.1, 0.15) is 33.2 Å². The minimum absolute atomic E-state index is 0.126. The molecule has 84 valence electrons. The molecule has 0 aliphatic carbocycles. The molecule has 0 amide bonds. The van der Waals surface area contributed by atoms with E-state index >= 15 is 0 Å². The van der Waals surface area contributed by atoms with Gasteiger partial charge in [0.1, 0.15) is 0 Å². The van der Waals surface area contributed by atoms with Crippen molar-refractivity contribution in [2.75, 3.05) is 0 Å². The monoisotopic (exact) mass is 234 g/mol. The highest BCUT2D eigenvalue weighted by Crippen LogP contribution is 2.33. The summed E-state index contributed by atoms with van der Waals surface area (Å²) in [6.45, 7) is 6.31. The molecule has 0 radical (unpaired) electrons. The summed E-state index contributed by atoms with van der Waals surface area (Å²) in [7, 11) is 0. The van der Waals surface area contributed by atoms with Crippen molar-refractivity contribution in [2.45, 2.75) is 26.1 Å². The van der Waals surface area contributed by atoms with Gasteiger partial charge in [-0.2, -0.15) is 5.10 Å². The number of rotatable bonds is 2. The van der Waals surface area contributed by atoms with E-state index in [2.05, 4.69) is 43.1 Å². The second-order valence-corrected chi connectivity index (χ2v) is 4.64. The molecule has 2 aromatic rings. The van der Waals surface area contributed by atoms with Crippen LogP contribution in [0, 0.1) is 20.8 Å². The van der Waals surface area contributed by atoms with Gasteiger partial charge in [0, 0.05) is 11.8 Å². The Kier molecular flexibility index (Phi) is 3.01. The summed E-state index contributed by atoms with van der Waals surface area (Å²) in [6, 6.07) is 4.33. The zero-order valence-corrected chi connectivity index (χ0v) is 10.5. The van der Waals surface area contributed by atoms with Crippen LogP contribution in [0.4, 0.5) is 0 Å². The molecule has 0 saturated carbocycles. The molecule has 1 atom stereocenters. The second-order valence-electron chi connectivity index (χ2n) is 4.21. The fourth-order valence-electron chi connectivity index (χ4n) is 2.16. The van der Waals surface area contributed by atoms with Crippen LogP contribution in [0.3, 0.4) is 0 Å². The van der Waals surface area contributed by atoms with Crippen LogP contribution in [-0.4, -0.2) is 10.2 Å². The Bertz CT molecular complexity index is 466. The lowest BCUT2D eigenvalue weighted by Gasteiger charge is -2.15. The molecule has 0 aliphatic rings. The Morgan fingerprint density at radius 1 is 1.19 bits per heavy atom. The van der Waals surface area contributed by atoms with Gasteiger partial charge in [-0.3, -0.25) is 5.10 Å². The van der Waals surface area contributed by atoms with Gasteiger partial charge in [-0.25, -0.2) is 0 Å². The van der Waals surface area contributed by atoms with Crippen LogP contribution in [0.2, 0.25) is 0 Å². The highest BCUT2D eigenvalue weighted by molar-refractivity contribution is 6.22. The van der Waals surface area contributed by atoms with E-state index in [4.69, 9.17) is 11.6 Å². The predicted octanol–water partition coefficient (Wildman–Crippen LogP) is 3.66. The molecular weight excluding hydrogens is 220 g/mol. The first-order valence-corrected chi connectivity index (χ1v) is 5.73. The summed E-state index contributed by atoms with van der Waals surface area (Å²) in [6.07, 6.45) is 3.62. The lowest BCUT2D eigenvalue weighted by atomic mass is 9.95. The third-order valence-electron chi connectivity index (χ3n) is 2.80. The third-order valence-corrected chi connectivity index (χ3v) is 3.27. The standard InChI is InChI=1S/C13H15ClN2/c1-8-4-9(2)12(10(3)5-8)13(14)11-6-15-16-7-11/h4-7,13H,1-3H3,(H,15,16). The fraction of sp³-hybridized carbons (Fsp3) is 0.308. The average molecular weight is 235 g/mol. The van der Waals surface area contributed by atoms with Gasteiger partial charge in [-0.05, 0) is 37.5 Å². The van der Waals surface area contributed by atoms with Gasteiger partial charge in [-0.15, -0.1) is 11.6 Å². The van der Waals surface area contributed by atoms with Crippen LogP contribution in [0.25, 0.3) is 0 Å². The maximum atomic E-state index is 6.48. The number of nitrogens with zero attached hydrogens (tertiary/aromatic N) is 1.